The van der Waals surface area contributed by atoms with E-state index in [1.54, 1.807) is 0 Å². The Bertz CT molecular complexity index is 232. The SMILES string of the molecule is CCC(CC)NCC(CC)NC(=O)OC(C)(C)C. The maximum absolute atomic E-state index is 11.7. The number of nitrogens with one attached hydrogen (secondary N) is 2. The zero-order valence-corrected chi connectivity index (χ0v) is 12.8. The molecule has 0 aliphatic heterocycles. The third kappa shape index (κ3) is 8.34. The monoisotopic (exact) mass is 258 g/mol. The maximum Gasteiger partial charge on any atom is 0.407 e. The summed E-state index contributed by atoms with van der Waals surface area (Å²) in [6.07, 6.45) is 2.78. The van der Waals surface area contributed by atoms with Crippen LogP contribution in [0.4, 0.5) is 4.79 Å². The van der Waals surface area contributed by atoms with Gasteiger partial charge < -0.3 is 15.4 Å². The number of amides is 1. The van der Waals surface area contributed by atoms with Gasteiger partial charge in [0.2, 0.25) is 0 Å². The van der Waals surface area contributed by atoms with Crippen molar-refractivity contribution >= 4 is 6.09 Å². The van der Waals surface area contributed by atoms with Crippen LogP contribution in [0.2, 0.25) is 0 Å². The summed E-state index contributed by atoms with van der Waals surface area (Å²) in [5, 5.41) is 6.37. The summed E-state index contributed by atoms with van der Waals surface area (Å²) in [6.45, 7) is 12.8. The minimum Gasteiger partial charge on any atom is -0.444 e. The van der Waals surface area contributed by atoms with E-state index in [2.05, 4.69) is 31.4 Å². The zero-order chi connectivity index (χ0) is 14.2. The van der Waals surface area contributed by atoms with Gasteiger partial charge in [-0.2, -0.15) is 0 Å². The van der Waals surface area contributed by atoms with Gasteiger partial charge in [0.1, 0.15) is 5.60 Å². The normalized spacial score (nSPS) is 13.5. The van der Waals surface area contributed by atoms with E-state index in [9.17, 15) is 4.79 Å². The number of hydrogen-bond donors (Lipinski definition) is 2. The molecule has 0 heterocycles. The third-order valence-electron chi connectivity index (χ3n) is 2.85. The van der Waals surface area contributed by atoms with E-state index in [4.69, 9.17) is 4.74 Å². The molecule has 0 fully saturated rings. The van der Waals surface area contributed by atoms with E-state index in [0.29, 0.717) is 6.04 Å². The maximum atomic E-state index is 11.7. The average Bonchev–Trinajstić information content (AvgIpc) is 2.26. The number of carbonyl (C=O) groups is 1. The van der Waals surface area contributed by atoms with Gasteiger partial charge in [0.05, 0.1) is 0 Å². The van der Waals surface area contributed by atoms with Crippen LogP contribution in [0.25, 0.3) is 0 Å². The van der Waals surface area contributed by atoms with E-state index in [-0.39, 0.29) is 12.1 Å². The fraction of sp³-hybridized carbons (Fsp3) is 0.929. The van der Waals surface area contributed by atoms with Crippen molar-refractivity contribution in [2.75, 3.05) is 6.54 Å². The molecule has 0 aromatic heterocycles. The van der Waals surface area contributed by atoms with Gasteiger partial charge in [0.15, 0.2) is 0 Å². The number of rotatable bonds is 7. The van der Waals surface area contributed by atoms with Gasteiger partial charge >= 0.3 is 6.09 Å². The molecule has 1 unspecified atom stereocenters. The molecule has 2 N–H and O–H groups in total. The number of hydrogen-bond acceptors (Lipinski definition) is 3. The Balaban J connectivity index is 4.07. The van der Waals surface area contributed by atoms with Gasteiger partial charge in [-0.25, -0.2) is 4.79 Å². The molecule has 4 nitrogen and oxygen atoms in total. The van der Waals surface area contributed by atoms with Crippen LogP contribution in [0, 0.1) is 0 Å². The van der Waals surface area contributed by atoms with Crippen molar-refractivity contribution in [2.45, 2.75) is 78.5 Å². The number of alkyl carbamates (subject to hydrolysis) is 1. The Morgan fingerprint density at radius 3 is 1.94 bits per heavy atom. The van der Waals surface area contributed by atoms with Gasteiger partial charge in [0.25, 0.3) is 0 Å². The molecule has 0 aliphatic rings. The van der Waals surface area contributed by atoms with E-state index in [0.717, 1.165) is 25.8 Å². The van der Waals surface area contributed by atoms with Crippen LogP contribution < -0.4 is 10.6 Å². The molecule has 0 bridgehead atoms. The topological polar surface area (TPSA) is 50.4 Å². The highest BCUT2D eigenvalue weighted by Gasteiger charge is 2.18. The van der Waals surface area contributed by atoms with Gasteiger partial charge in [0, 0.05) is 18.6 Å². The van der Waals surface area contributed by atoms with Crippen molar-refractivity contribution in [1.82, 2.24) is 10.6 Å². The first-order valence-corrected chi connectivity index (χ1v) is 7.05. The van der Waals surface area contributed by atoms with Crippen LogP contribution in [0.1, 0.15) is 60.8 Å². The lowest BCUT2D eigenvalue weighted by molar-refractivity contribution is 0.0502. The molecule has 18 heavy (non-hydrogen) atoms. The molecule has 0 saturated heterocycles. The van der Waals surface area contributed by atoms with Crippen molar-refractivity contribution in [3.05, 3.63) is 0 Å². The lowest BCUT2D eigenvalue weighted by Crippen LogP contribution is -2.46. The van der Waals surface area contributed by atoms with Crippen molar-refractivity contribution in [3.8, 4) is 0 Å². The second-order valence-electron chi connectivity index (χ2n) is 5.67. The van der Waals surface area contributed by atoms with Crippen molar-refractivity contribution in [2.24, 2.45) is 0 Å². The van der Waals surface area contributed by atoms with Crippen molar-refractivity contribution in [3.63, 3.8) is 0 Å². The van der Waals surface area contributed by atoms with Crippen molar-refractivity contribution in [1.29, 1.82) is 0 Å². The smallest absolute Gasteiger partial charge is 0.407 e. The van der Waals surface area contributed by atoms with Crippen LogP contribution in [-0.2, 0) is 4.74 Å². The predicted octanol–water partition coefficient (Wildman–Crippen LogP) is 3.07. The van der Waals surface area contributed by atoms with Crippen LogP contribution in [0.5, 0.6) is 0 Å². The molecule has 0 rings (SSSR count). The minimum absolute atomic E-state index is 0.125. The number of carbonyl (C=O) groups excluding carboxylic acids is 1. The second-order valence-corrected chi connectivity index (χ2v) is 5.67. The summed E-state index contributed by atoms with van der Waals surface area (Å²) in [7, 11) is 0. The summed E-state index contributed by atoms with van der Waals surface area (Å²) in [5.74, 6) is 0. The van der Waals surface area contributed by atoms with Crippen LogP contribution >= 0.6 is 0 Å². The zero-order valence-electron chi connectivity index (χ0n) is 12.8. The first-order chi connectivity index (χ1) is 8.32. The molecular formula is C14H30N2O2. The Hall–Kier alpha value is -0.770. The van der Waals surface area contributed by atoms with Gasteiger partial charge in [-0.05, 0) is 40.0 Å². The molecule has 4 heteroatoms. The molecule has 0 spiro atoms. The highest BCUT2D eigenvalue weighted by atomic mass is 16.6. The summed E-state index contributed by atoms with van der Waals surface area (Å²) in [5.41, 5.74) is -0.439. The van der Waals surface area contributed by atoms with E-state index in [1.165, 1.54) is 0 Å². The lowest BCUT2D eigenvalue weighted by Gasteiger charge is -2.24. The quantitative estimate of drug-likeness (QED) is 0.738. The third-order valence-corrected chi connectivity index (χ3v) is 2.85. The Labute approximate surface area is 112 Å². The Morgan fingerprint density at radius 2 is 1.56 bits per heavy atom. The summed E-state index contributed by atoms with van der Waals surface area (Å²) >= 11 is 0. The second kappa shape index (κ2) is 8.35. The molecule has 0 radical (unpaired) electrons. The first-order valence-electron chi connectivity index (χ1n) is 7.05. The molecule has 108 valence electrons. The summed E-state index contributed by atoms with van der Waals surface area (Å²) in [4.78, 5) is 11.7. The molecule has 1 amide bonds. The van der Waals surface area contributed by atoms with Gasteiger partial charge in [-0.1, -0.05) is 20.8 Å². The van der Waals surface area contributed by atoms with Crippen LogP contribution in [0.3, 0.4) is 0 Å². The fourth-order valence-corrected chi connectivity index (χ4v) is 1.66. The standard InChI is InChI=1S/C14H30N2O2/c1-7-11(8-2)15-10-12(9-3)16-13(17)18-14(4,5)6/h11-12,15H,7-10H2,1-6H3,(H,16,17). The number of ether oxygens (including phenoxy) is 1. The highest BCUT2D eigenvalue weighted by molar-refractivity contribution is 5.68. The summed E-state index contributed by atoms with van der Waals surface area (Å²) in [6, 6.07) is 0.653. The molecule has 0 aromatic rings. The van der Waals surface area contributed by atoms with Crippen LogP contribution in [-0.4, -0.2) is 30.3 Å². The molecular weight excluding hydrogens is 228 g/mol. The highest BCUT2D eigenvalue weighted by Crippen LogP contribution is 2.07. The fourth-order valence-electron chi connectivity index (χ4n) is 1.66. The van der Waals surface area contributed by atoms with E-state index >= 15 is 0 Å². The van der Waals surface area contributed by atoms with Gasteiger partial charge in [-0.15, -0.1) is 0 Å². The summed E-state index contributed by atoms with van der Waals surface area (Å²) < 4.78 is 5.25. The first kappa shape index (κ1) is 17.2. The lowest BCUT2D eigenvalue weighted by atomic mass is 10.1. The minimum atomic E-state index is -0.439. The average molecular weight is 258 g/mol. The van der Waals surface area contributed by atoms with Crippen LogP contribution in [0.15, 0.2) is 0 Å². The molecule has 0 aliphatic carbocycles. The van der Waals surface area contributed by atoms with E-state index < -0.39 is 5.60 Å². The van der Waals surface area contributed by atoms with Gasteiger partial charge in [-0.3, -0.25) is 0 Å². The Morgan fingerprint density at radius 1 is 1.06 bits per heavy atom. The largest absolute Gasteiger partial charge is 0.444 e. The molecule has 0 saturated carbocycles. The molecule has 1 atom stereocenters. The molecule has 0 aromatic carbocycles. The van der Waals surface area contributed by atoms with Crippen molar-refractivity contribution < 1.29 is 9.53 Å². The van der Waals surface area contributed by atoms with E-state index in [1.807, 2.05) is 20.8 Å². The Kier molecular flexibility index (Phi) is 8.00. The predicted molar refractivity (Wildman–Crippen MR) is 75.8 cm³/mol.